The van der Waals surface area contributed by atoms with Crippen LogP contribution in [0.5, 0.6) is 0 Å². The second-order valence-electron chi connectivity index (χ2n) is 12.2. The van der Waals surface area contributed by atoms with E-state index in [1.165, 1.54) is 18.2 Å². The van der Waals surface area contributed by atoms with Crippen LogP contribution in [0.4, 0.5) is 16.3 Å². The number of rotatable bonds is 7. The highest BCUT2D eigenvalue weighted by molar-refractivity contribution is 7.91. The number of hydrogen-bond acceptors (Lipinski definition) is 5. The number of benzene rings is 3. The molecule has 4 aromatic rings. The average molecular weight is 655 g/mol. The summed E-state index contributed by atoms with van der Waals surface area (Å²) in [6.45, 7) is 9.59. The number of aromatic nitrogens is 2. The highest BCUT2D eigenvalue weighted by Crippen LogP contribution is 2.43. The van der Waals surface area contributed by atoms with Crippen molar-refractivity contribution in [1.82, 2.24) is 15.1 Å². The number of hydrogen-bond donors (Lipinski definition) is 3. The zero-order valence-electron chi connectivity index (χ0n) is 25.2. The van der Waals surface area contributed by atoms with E-state index in [9.17, 15) is 13.2 Å². The summed E-state index contributed by atoms with van der Waals surface area (Å²) in [6, 6.07) is 20.7. The van der Waals surface area contributed by atoms with E-state index in [2.05, 4.69) is 36.7 Å². The molecule has 1 aliphatic heterocycles. The molecule has 232 valence electrons. The summed E-state index contributed by atoms with van der Waals surface area (Å²) in [4.78, 5) is 13.7. The molecule has 2 heterocycles. The minimum Gasteiger partial charge on any atom is -0.317 e. The fourth-order valence-corrected chi connectivity index (χ4v) is 7.98. The molecule has 3 aromatic carbocycles. The normalized spacial score (nSPS) is 15.1. The number of nitrogens with one attached hydrogen (secondary N) is 3. The molecule has 1 saturated heterocycles. The summed E-state index contributed by atoms with van der Waals surface area (Å²) in [5.41, 5.74) is 3.40. The Morgan fingerprint density at radius 2 is 1.64 bits per heavy atom. The quantitative estimate of drug-likeness (QED) is 0.188. The minimum absolute atomic E-state index is 0.0893. The van der Waals surface area contributed by atoms with Gasteiger partial charge in [0.1, 0.15) is 5.82 Å². The third-order valence-corrected chi connectivity index (χ3v) is 10.8. The van der Waals surface area contributed by atoms with Gasteiger partial charge in [0.25, 0.3) is 0 Å². The molecule has 0 saturated carbocycles. The van der Waals surface area contributed by atoms with E-state index >= 15 is 0 Å². The van der Waals surface area contributed by atoms with Crippen LogP contribution in [0.3, 0.4) is 0 Å². The monoisotopic (exact) mass is 653 g/mol. The Morgan fingerprint density at radius 1 is 0.955 bits per heavy atom. The first-order chi connectivity index (χ1) is 20.8. The number of urea groups is 1. The van der Waals surface area contributed by atoms with E-state index in [0.717, 1.165) is 16.9 Å². The van der Waals surface area contributed by atoms with Gasteiger partial charge < -0.3 is 10.6 Å². The van der Waals surface area contributed by atoms with Gasteiger partial charge in [-0.25, -0.2) is 17.9 Å². The smallest absolute Gasteiger partial charge is 0.317 e. The maximum atomic E-state index is 14.3. The maximum Gasteiger partial charge on any atom is 0.324 e. The summed E-state index contributed by atoms with van der Waals surface area (Å²) in [5, 5.41) is 13.5. The van der Waals surface area contributed by atoms with E-state index < -0.39 is 21.1 Å². The summed E-state index contributed by atoms with van der Waals surface area (Å²) < 4.78 is 30.3. The lowest BCUT2D eigenvalue weighted by Gasteiger charge is -2.32. The largest absolute Gasteiger partial charge is 0.324 e. The number of sulfone groups is 1. The molecule has 11 heteroatoms. The van der Waals surface area contributed by atoms with Gasteiger partial charge in [0.05, 0.1) is 31.6 Å². The zero-order valence-corrected chi connectivity index (χ0v) is 27.5. The molecule has 5 rings (SSSR count). The van der Waals surface area contributed by atoms with Gasteiger partial charge in [-0.3, -0.25) is 5.32 Å². The third kappa shape index (κ3) is 6.96. The summed E-state index contributed by atoms with van der Waals surface area (Å²) in [5.74, 6) is 0.311. The Labute approximate surface area is 269 Å². The molecule has 1 unspecified atom stereocenters. The Hall–Kier alpha value is -3.37. The van der Waals surface area contributed by atoms with Crippen molar-refractivity contribution in [3.05, 3.63) is 99.7 Å². The van der Waals surface area contributed by atoms with Crippen molar-refractivity contribution < 1.29 is 13.2 Å². The SMILES string of the molecule is Cc1ccc(-n2nc(C(C)(C)C)cc2NC(=O)Nc2ccccc2C(C2CCNCC2)S(=O)(=O)c2ccc(Cl)c(Cl)c2)cc1. The van der Waals surface area contributed by atoms with Gasteiger partial charge in [-0.05, 0) is 80.7 Å². The highest BCUT2D eigenvalue weighted by Gasteiger charge is 2.38. The summed E-state index contributed by atoms with van der Waals surface area (Å²) in [6.07, 6.45) is 1.33. The van der Waals surface area contributed by atoms with Crippen molar-refractivity contribution >= 4 is 50.6 Å². The van der Waals surface area contributed by atoms with Crippen LogP contribution in [0, 0.1) is 12.8 Å². The van der Waals surface area contributed by atoms with Gasteiger partial charge >= 0.3 is 6.03 Å². The standard InChI is InChI=1S/C33H37Cl2N5O3S/c1-21-9-11-23(12-10-21)40-30(20-29(39-40)33(2,3)4)38-32(41)37-28-8-6-5-7-25(28)31(22-15-17-36-18-16-22)44(42,43)24-13-14-26(34)27(35)19-24/h5-14,19-20,22,31,36H,15-18H2,1-4H3,(H2,37,38,41). The molecule has 0 bridgehead atoms. The molecule has 1 fully saturated rings. The molecule has 3 N–H and O–H groups in total. The average Bonchev–Trinajstić information content (AvgIpc) is 3.40. The van der Waals surface area contributed by atoms with Gasteiger partial charge in [-0.2, -0.15) is 5.10 Å². The Morgan fingerprint density at radius 3 is 2.30 bits per heavy atom. The van der Waals surface area contributed by atoms with Crippen molar-refractivity contribution in [3.8, 4) is 5.69 Å². The van der Waals surface area contributed by atoms with Gasteiger partial charge in [0.2, 0.25) is 0 Å². The van der Waals surface area contributed by atoms with E-state index in [0.29, 0.717) is 43.0 Å². The fourth-order valence-electron chi connectivity index (χ4n) is 5.47. The van der Waals surface area contributed by atoms with Crippen molar-refractivity contribution in [3.63, 3.8) is 0 Å². The number of para-hydroxylation sites is 1. The molecule has 0 aliphatic carbocycles. The first-order valence-corrected chi connectivity index (χ1v) is 16.9. The first-order valence-electron chi connectivity index (χ1n) is 14.6. The topological polar surface area (TPSA) is 105 Å². The molecule has 1 aliphatic rings. The lowest BCUT2D eigenvalue weighted by Crippen LogP contribution is -2.34. The molecule has 1 aromatic heterocycles. The Balaban J connectivity index is 1.50. The third-order valence-electron chi connectivity index (χ3n) is 7.88. The van der Waals surface area contributed by atoms with E-state index in [1.807, 2.05) is 37.3 Å². The van der Waals surface area contributed by atoms with Crippen molar-refractivity contribution in [1.29, 1.82) is 0 Å². The predicted octanol–water partition coefficient (Wildman–Crippen LogP) is 7.94. The number of carbonyl (C=O) groups excluding carboxylic acids is 1. The van der Waals surface area contributed by atoms with Crippen LogP contribution in [-0.4, -0.2) is 37.3 Å². The second-order valence-corrected chi connectivity index (χ2v) is 15.1. The Kier molecular flexibility index (Phi) is 9.41. The number of piperidine rings is 1. The predicted molar refractivity (Wildman–Crippen MR) is 178 cm³/mol. The molecular formula is C33H37Cl2N5O3S. The first kappa shape index (κ1) is 32.0. The van der Waals surface area contributed by atoms with Gasteiger partial charge in [-0.1, -0.05) is 79.9 Å². The molecule has 0 spiro atoms. The van der Waals surface area contributed by atoms with Gasteiger partial charge in [0, 0.05) is 17.2 Å². The molecule has 2 amide bonds. The molecule has 1 atom stereocenters. The number of nitrogens with zero attached hydrogens (tertiary/aromatic N) is 2. The highest BCUT2D eigenvalue weighted by atomic mass is 35.5. The van der Waals surface area contributed by atoms with E-state index in [4.69, 9.17) is 28.3 Å². The van der Waals surface area contributed by atoms with Crippen molar-refractivity contribution in [2.45, 2.75) is 56.1 Å². The molecule has 44 heavy (non-hydrogen) atoms. The van der Waals surface area contributed by atoms with Crippen LogP contribution < -0.4 is 16.0 Å². The zero-order chi connectivity index (χ0) is 31.6. The van der Waals surface area contributed by atoms with E-state index in [1.54, 1.807) is 28.9 Å². The molecule has 8 nitrogen and oxygen atoms in total. The van der Waals surface area contributed by atoms with Crippen molar-refractivity contribution in [2.24, 2.45) is 5.92 Å². The number of halogens is 2. The summed E-state index contributed by atoms with van der Waals surface area (Å²) >= 11 is 12.4. The van der Waals surface area contributed by atoms with Crippen LogP contribution in [-0.2, 0) is 15.3 Å². The number of anilines is 2. The van der Waals surface area contributed by atoms with Crippen molar-refractivity contribution in [2.75, 3.05) is 23.7 Å². The number of aryl methyl sites for hydroxylation is 1. The molecular weight excluding hydrogens is 617 g/mol. The molecule has 0 radical (unpaired) electrons. The van der Waals surface area contributed by atoms with Gasteiger partial charge in [-0.15, -0.1) is 0 Å². The van der Waals surface area contributed by atoms with Crippen LogP contribution >= 0.6 is 23.2 Å². The van der Waals surface area contributed by atoms with Gasteiger partial charge in [0.15, 0.2) is 9.84 Å². The second kappa shape index (κ2) is 12.9. The fraction of sp³-hybridized carbons (Fsp3) is 0.333. The van der Waals surface area contributed by atoms with Crippen LogP contribution in [0.15, 0.2) is 77.7 Å². The Bertz CT molecular complexity index is 1760. The maximum absolute atomic E-state index is 14.3. The minimum atomic E-state index is -3.93. The van der Waals surface area contributed by atoms with E-state index in [-0.39, 0.29) is 26.3 Å². The summed E-state index contributed by atoms with van der Waals surface area (Å²) in [7, 11) is -3.93. The van der Waals surface area contributed by atoms with Crippen LogP contribution in [0.1, 0.15) is 55.7 Å². The number of amides is 2. The van der Waals surface area contributed by atoms with Crippen LogP contribution in [0.2, 0.25) is 10.0 Å². The van der Waals surface area contributed by atoms with Crippen LogP contribution in [0.25, 0.3) is 5.69 Å². The lowest BCUT2D eigenvalue weighted by molar-refractivity contribution is 0.262. The lowest BCUT2D eigenvalue weighted by atomic mass is 9.89. The number of carbonyl (C=O) groups is 1.